The lowest BCUT2D eigenvalue weighted by atomic mass is 10.2. The SMILES string of the molecule is Nc1ccc(Sc2ccc(N)c(N)c2Oc2ccccc2)c(Oc2ccccc2)c1N. The van der Waals surface area contributed by atoms with Crippen molar-refractivity contribution in [1.29, 1.82) is 0 Å². The maximum atomic E-state index is 6.26. The molecule has 0 unspecified atom stereocenters. The van der Waals surface area contributed by atoms with Gasteiger partial charge in [0.25, 0.3) is 0 Å². The summed E-state index contributed by atoms with van der Waals surface area (Å²) < 4.78 is 12.2. The standard InChI is InChI=1S/C24H22N4O2S/c25-17-11-13-19(23(21(17)27)29-15-7-3-1-4-8-15)31-20-14-12-18(26)22(28)24(20)30-16-9-5-2-6-10-16/h1-14H,25-28H2. The highest BCUT2D eigenvalue weighted by molar-refractivity contribution is 7.99. The van der Waals surface area contributed by atoms with Gasteiger partial charge >= 0.3 is 0 Å². The summed E-state index contributed by atoms with van der Waals surface area (Å²) in [4.78, 5) is 1.52. The van der Waals surface area contributed by atoms with E-state index < -0.39 is 0 Å². The van der Waals surface area contributed by atoms with Gasteiger partial charge in [-0.15, -0.1) is 0 Å². The van der Waals surface area contributed by atoms with Gasteiger partial charge in [0.15, 0.2) is 11.5 Å². The van der Waals surface area contributed by atoms with Crippen LogP contribution in [0.4, 0.5) is 22.7 Å². The van der Waals surface area contributed by atoms with Crippen LogP contribution in [0.2, 0.25) is 0 Å². The fourth-order valence-electron chi connectivity index (χ4n) is 2.89. The van der Waals surface area contributed by atoms with Crippen LogP contribution in [0.1, 0.15) is 0 Å². The van der Waals surface area contributed by atoms with E-state index in [1.165, 1.54) is 11.8 Å². The van der Waals surface area contributed by atoms with Crippen molar-refractivity contribution in [2.75, 3.05) is 22.9 Å². The molecule has 0 aromatic heterocycles. The Hall–Kier alpha value is -3.97. The van der Waals surface area contributed by atoms with Gasteiger partial charge in [-0.05, 0) is 48.5 Å². The Bertz CT molecular complexity index is 1110. The molecule has 0 atom stereocenters. The van der Waals surface area contributed by atoms with Crippen LogP contribution in [0.15, 0.2) is 94.7 Å². The third kappa shape index (κ3) is 4.46. The molecule has 0 saturated carbocycles. The van der Waals surface area contributed by atoms with Gasteiger partial charge in [0.1, 0.15) is 11.5 Å². The van der Waals surface area contributed by atoms with Crippen molar-refractivity contribution < 1.29 is 9.47 Å². The number of anilines is 4. The average molecular weight is 431 g/mol. The molecule has 0 fully saturated rings. The lowest BCUT2D eigenvalue weighted by Gasteiger charge is -2.18. The van der Waals surface area contributed by atoms with E-state index in [0.29, 0.717) is 45.7 Å². The first kappa shape index (κ1) is 20.3. The van der Waals surface area contributed by atoms with Crippen molar-refractivity contribution in [3.05, 3.63) is 84.9 Å². The number of ether oxygens (including phenoxy) is 2. The summed E-state index contributed by atoms with van der Waals surface area (Å²) in [6.45, 7) is 0. The van der Waals surface area contributed by atoms with Gasteiger partial charge < -0.3 is 32.4 Å². The van der Waals surface area contributed by atoms with Crippen molar-refractivity contribution >= 4 is 34.5 Å². The number of hydrogen-bond donors (Lipinski definition) is 4. The normalized spacial score (nSPS) is 10.6. The maximum absolute atomic E-state index is 6.26. The van der Waals surface area contributed by atoms with Gasteiger partial charge in [0.2, 0.25) is 0 Å². The van der Waals surface area contributed by atoms with Crippen molar-refractivity contribution in [1.82, 2.24) is 0 Å². The molecule has 4 rings (SSSR count). The van der Waals surface area contributed by atoms with E-state index in [1.807, 2.05) is 72.8 Å². The predicted octanol–water partition coefficient (Wildman–Crippen LogP) is 5.75. The molecule has 0 spiro atoms. The first-order chi connectivity index (χ1) is 15.0. The summed E-state index contributed by atoms with van der Waals surface area (Å²) in [7, 11) is 0. The zero-order valence-corrected chi connectivity index (χ0v) is 17.4. The minimum absolute atomic E-state index is 0.364. The number of rotatable bonds is 6. The third-order valence-electron chi connectivity index (χ3n) is 4.53. The van der Waals surface area contributed by atoms with Crippen LogP contribution in [0, 0.1) is 0 Å². The molecule has 0 saturated heterocycles. The van der Waals surface area contributed by atoms with Crippen LogP contribution in [-0.2, 0) is 0 Å². The summed E-state index contributed by atoms with van der Waals surface area (Å²) in [6.07, 6.45) is 0. The first-order valence-electron chi connectivity index (χ1n) is 9.52. The maximum Gasteiger partial charge on any atom is 0.166 e. The minimum Gasteiger partial charge on any atom is -0.454 e. The zero-order chi connectivity index (χ0) is 21.8. The van der Waals surface area contributed by atoms with E-state index in [4.69, 9.17) is 32.4 Å². The second-order valence-electron chi connectivity index (χ2n) is 6.72. The third-order valence-corrected chi connectivity index (χ3v) is 5.62. The number of benzene rings is 4. The Balaban J connectivity index is 1.74. The van der Waals surface area contributed by atoms with E-state index in [9.17, 15) is 0 Å². The lowest BCUT2D eigenvalue weighted by molar-refractivity contribution is 0.471. The highest BCUT2D eigenvalue weighted by Crippen LogP contribution is 2.48. The number of para-hydroxylation sites is 2. The molecule has 7 heteroatoms. The predicted molar refractivity (Wildman–Crippen MR) is 128 cm³/mol. The molecule has 0 bridgehead atoms. The largest absolute Gasteiger partial charge is 0.454 e. The number of nitrogens with two attached hydrogens (primary N) is 4. The molecule has 0 amide bonds. The van der Waals surface area contributed by atoms with Gasteiger partial charge in [0, 0.05) is 0 Å². The van der Waals surface area contributed by atoms with E-state index in [2.05, 4.69) is 0 Å². The molecular formula is C24H22N4O2S. The van der Waals surface area contributed by atoms with Crippen molar-refractivity contribution in [2.45, 2.75) is 9.79 Å². The smallest absolute Gasteiger partial charge is 0.166 e. The Kier molecular flexibility index (Phi) is 5.77. The second-order valence-corrected chi connectivity index (χ2v) is 7.81. The summed E-state index contributed by atoms with van der Waals surface area (Å²) in [6, 6.07) is 26.0. The molecule has 6 nitrogen and oxygen atoms in total. The van der Waals surface area contributed by atoms with E-state index in [0.717, 1.165) is 9.79 Å². The summed E-state index contributed by atoms with van der Waals surface area (Å²) in [5.74, 6) is 2.24. The molecule has 156 valence electrons. The fourth-order valence-corrected chi connectivity index (χ4v) is 3.89. The Labute approximate surface area is 184 Å². The molecule has 4 aromatic rings. The zero-order valence-electron chi connectivity index (χ0n) is 16.6. The van der Waals surface area contributed by atoms with Gasteiger partial charge in [0.05, 0.1) is 32.5 Å². The Morgan fingerprint density at radius 1 is 0.484 bits per heavy atom. The Morgan fingerprint density at radius 2 is 0.871 bits per heavy atom. The topological polar surface area (TPSA) is 123 Å². The highest BCUT2D eigenvalue weighted by atomic mass is 32.2. The monoisotopic (exact) mass is 430 g/mol. The molecule has 8 N–H and O–H groups in total. The average Bonchev–Trinajstić information content (AvgIpc) is 2.79. The first-order valence-corrected chi connectivity index (χ1v) is 10.3. The van der Waals surface area contributed by atoms with Crippen molar-refractivity contribution in [3.63, 3.8) is 0 Å². The van der Waals surface area contributed by atoms with Crippen LogP contribution in [-0.4, -0.2) is 0 Å². The molecule has 4 aromatic carbocycles. The van der Waals surface area contributed by atoms with Crippen molar-refractivity contribution in [2.24, 2.45) is 0 Å². The summed E-state index contributed by atoms with van der Waals surface area (Å²) in [5, 5.41) is 0. The van der Waals surface area contributed by atoms with Crippen LogP contribution >= 0.6 is 11.8 Å². The molecule has 0 heterocycles. The van der Waals surface area contributed by atoms with Crippen LogP contribution in [0.3, 0.4) is 0 Å². The molecular weight excluding hydrogens is 408 g/mol. The van der Waals surface area contributed by atoms with E-state index >= 15 is 0 Å². The highest BCUT2D eigenvalue weighted by Gasteiger charge is 2.18. The minimum atomic E-state index is 0.364. The Morgan fingerprint density at radius 3 is 1.26 bits per heavy atom. The van der Waals surface area contributed by atoms with Gasteiger partial charge in [-0.2, -0.15) is 0 Å². The van der Waals surface area contributed by atoms with E-state index in [1.54, 1.807) is 12.1 Å². The quantitative estimate of drug-likeness (QED) is 0.287. The van der Waals surface area contributed by atoms with Crippen LogP contribution in [0.5, 0.6) is 23.0 Å². The fraction of sp³-hybridized carbons (Fsp3) is 0. The lowest BCUT2D eigenvalue weighted by Crippen LogP contribution is -2.01. The van der Waals surface area contributed by atoms with Gasteiger partial charge in [-0.25, -0.2) is 0 Å². The molecule has 0 aliphatic carbocycles. The van der Waals surface area contributed by atoms with Crippen LogP contribution in [0.25, 0.3) is 0 Å². The number of hydrogen-bond acceptors (Lipinski definition) is 7. The molecule has 0 aliphatic rings. The molecule has 0 aliphatic heterocycles. The van der Waals surface area contributed by atoms with Gasteiger partial charge in [-0.3, -0.25) is 0 Å². The molecule has 31 heavy (non-hydrogen) atoms. The molecule has 0 radical (unpaired) electrons. The summed E-state index contributed by atoms with van der Waals surface area (Å²) in [5.41, 5.74) is 26.2. The van der Waals surface area contributed by atoms with Crippen LogP contribution < -0.4 is 32.4 Å². The second kappa shape index (κ2) is 8.81. The number of nitrogen functional groups attached to an aromatic ring is 4. The van der Waals surface area contributed by atoms with Gasteiger partial charge in [-0.1, -0.05) is 48.2 Å². The van der Waals surface area contributed by atoms with E-state index in [-0.39, 0.29) is 0 Å². The summed E-state index contributed by atoms with van der Waals surface area (Å²) >= 11 is 1.40. The van der Waals surface area contributed by atoms with Crippen molar-refractivity contribution in [3.8, 4) is 23.0 Å².